The van der Waals surface area contributed by atoms with E-state index in [4.69, 9.17) is 27.7 Å². The van der Waals surface area contributed by atoms with Crippen LogP contribution in [0.5, 0.6) is 0 Å². The first-order valence-electron chi connectivity index (χ1n) is 2.73. The van der Waals surface area contributed by atoms with E-state index in [-0.39, 0.29) is 19.4 Å². The SMILES string of the molecule is CCO.CCO.O=S(=O)([O-])O.[NH4+]. The fraction of sp³-hybridized carbons (Fsp3) is 1.00. The highest BCUT2D eigenvalue weighted by molar-refractivity contribution is 7.79. The Labute approximate surface area is 72.2 Å². The Bertz CT molecular complexity index is 122. The third kappa shape index (κ3) is 11900. The molecule has 8 heteroatoms. The number of quaternary nitrogens is 1. The zero-order valence-corrected chi connectivity index (χ0v) is 8.21. The zero-order chi connectivity index (χ0) is 9.91. The van der Waals surface area contributed by atoms with E-state index in [1.54, 1.807) is 13.8 Å². The van der Waals surface area contributed by atoms with Gasteiger partial charge in [-0.05, 0) is 13.8 Å². The van der Waals surface area contributed by atoms with Crippen molar-refractivity contribution in [3.05, 3.63) is 0 Å². The number of rotatable bonds is 0. The summed E-state index contributed by atoms with van der Waals surface area (Å²) < 4.78 is 32.8. The first-order chi connectivity index (χ1) is 4.83. The monoisotopic (exact) mass is 207 g/mol. The van der Waals surface area contributed by atoms with Gasteiger partial charge < -0.3 is 20.9 Å². The first kappa shape index (κ1) is 22.6. The zero-order valence-electron chi connectivity index (χ0n) is 7.39. The second-order valence-corrected chi connectivity index (χ2v) is 1.92. The summed E-state index contributed by atoms with van der Waals surface area (Å²) in [5.74, 6) is 0. The molecule has 0 aromatic carbocycles. The molecule has 7 N–H and O–H groups in total. The highest BCUT2D eigenvalue weighted by Gasteiger charge is 1.67. The molecule has 0 aromatic rings. The molecule has 0 heterocycles. The van der Waals surface area contributed by atoms with Crippen molar-refractivity contribution in [3.8, 4) is 0 Å². The van der Waals surface area contributed by atoms with E-state index >= 15 is 0 Å². The molecule has 0 rings (SSSR count). The standard InChI is InChI=1S/2C2H6O.H3N.H2O4S/c2*1-2-3;;1-5(2,3)4/h2*3H,2H2,1H3;1H3;(H2,1,2,3,4). The summed E-state index contributed by atoms with van der Waals surface area (Å²) >= 11 is 0. The van der Waals surface area contributed by atoms with E-state index in [0.29, 0.717) is 0 Å². The van der Waals surface area contributed by atoms with Crippen molar-refractivity contribution in [3.63, 3.8) is 0 Å². The minimum absolute atomic E-state index is 0. The molecule has 0 spiro atoms. The summed E-state index contributed by atoms with van der Waals surface area (Å²) in [5.41, 5.74) is 0. The summed E-state index contributed by atoms with van der Waals surface area (Å²) in [6, 6.07) is 0. The maximum absolute atomic E-state index is 8.63. The normalized spacial score (nSPS) is 7.83. The van der Waals surface area contributed by atoms with Crippen LogP contribution in [-0.2, 0) is 10.4 Å². The van der Waals surface area contributed by atoms with E-state index in [2.05, 4.69) is 0 Å². The quantitative estimate of drug-likeness (QED) is 0.306. The Morgan fingerprint density at radius 2 is 1.17 bits per heavy atom. The molecular weight excluding hydrogens is 190 g/mol. The molecule has 0 radical (unpaired) electrons. The summed E-state index contributed by atoms with van der Waals surface area (Å²) in [7, 11) is -4.92. The van der Waals surface area contributed by atoms with Crippen molar-refractivity contribution in [1.82, 2.24) is 6.15 Å². The molecule has 0 aliphatic rings. The Hall–Kier alpha value is -0.250. The highest BCUT2D eigenvalue weighted by atomic mass is 32.3. The van der Waals surface area contributed by atoms with Gasteiger partial charge in [-0.2, -0.15) is 0 Å². The van der Waals surface area contributed by atoms with Crippen molar-refractivity contribution < 1.29 is 27.7 Å². The molecule has 0 aliphatic carbocycles. The Balaban J connectivity index is -0.0000000406. The molecule has 7 nitrogen and oxygen atoms in total. The fourth-order valence-electron chi connectivity index (χ4n) is 0. The molecule has 0 amide bonds. The van der Waals surface area contributed by atoms with Crippen LogP contribution in [0.1, 0.15) is 13.8 Å². The van der Waals surface area contributed by atoms with Crippen molar-refractivity contribution >= 4 is 10.4 Å². The van der Waals surface area contributed by atoms with E-state index in [0.717, 1.165) is 0 Å². The maximum Gasteiger partial charge on any atom is 0.215 e. The minimum atomic E-state index is -4.92. The van der Waals surface area contributed by atoms with Gasteiger partial charge >= 0.3 is 0 Å². The van der Waals surface area contributed by atoms with Crippen LogP contribution in [-0.4, -0.2) is 41.0 Å². The average molecular weight is 207 g/mol. The van der Waals surface area contributed by atoms with Crippen LogP contribution in [0.3, 0.4) is 0 Å². The predicted octanol–water partition coefficient (Wildman–Crippen LogP) is -0.622. The summed E-state index contributed by atoms with van der Waals surface area (Å²) in [6.45, 7) is 3.86. The number of hydrogen-bond acceptors (Lipinski definition) is 5. The lowest BCUT2D eigenvalue weighted by Crippen LogP contribution is -1.90. The van der Waals surface area contributed by atoms with Crippen molar-refractivity contribution in [2.45, 2.75) is 13.8 Å². The number of aliphatic hydroxyl groups excluding tert-OH is 2. The van der Waals surface area contributed by atoms with Gasteiger partial charge in [-0.1, -0.05) is 0 Å². The lowest BCUT2D eigenvalue weighted by atomic mass is 10.9. The third-order valence-electron chi connectivity index (χ3n) is 0. The second-order valence-electron chi connectivity index (χ2n) is 1.06. The fourth-order valence-corrected chi connectivity index (χ4v) is 0. The summed E-state index contributed by atoms with van der Waals surface area (Å²) in [5, 5.41) is 15.1. The van der Waals surface area contributed by atoms with Gasteiger partial charge in [-0.15, -0.1) is 0 Å². The molecule has 0 saturated heterocycles. The molecule has 0 bridgehead atoms. The van der Waals surface area contributed by atoms with E-state index in [1.165, 1.54) is 0 Å². The van der Waals surface area contributed by atoms with Crippen LogP contribution in [0.25, 0.3) is 0 Å². The molecule has 0 aromatic heterocycles. The van der Waals surface area contributed by atoms with Gasteiger partial charge in [0.05, 0.1) is 0 Å². The van der Waals surface area contributed by atoms with E-state index in [9.17, 15) is 0 Å². The Morgan fingerprint density at radius 1 is 1.17 bits per heavy atom. The molecular formula is C4H17NO6S. The Kier molecular flexibility index (Phi) is 32.1. The summed E-state index contributed by atoms with van der Waals surface area (Å²) in [4.78, 5) is 0. The van der Waals surface area contributed by atoms with Gasteiger partial charge in [-0.25, -0.2) is 8.42 Å². The topological polar surface area (TPSA) is 154 Å². The maximum atomic E-state index is 8.63. The van der Waals surface area contributed by atoms with Crippen molar-refractivity contribution in [1.29, 1.82) is 0 Å². The van der Waals surface area contributed by atoms with Gasteiger partial charge in [-0.3, -0.25) is 4.55 Å². The van der Waals surface area contributed by atoms with Crippen LogP contribution in [0.4, 0.5) is 0 Å². The van der Waals surface area contributed by atoms with Gasteiger partial charge in [0.2, 0.25) is 10.4 Å². The lowest BCUT2D eigenvalue weighted by molar-refractivity contribution is 0.318. The molecule has 0 aliphatic heterocycles. The molecule has 0 unspecified atom stereocenters. The van der Waals surface area contributed by atoms with Gasteiger partial charge in [0, 0.05) is 13.2 Å². The van der Waals surface area contributed by atoms with Gasteiger partial charge in [0.25, 0.3) is 0 Å². The van der Waals surface area contributed by atoms with Crippen LogP contribution in [0, 0.1) is 0 Å². The smallest absolute Gasteiger partial charge is 0.215 e. The number of aliphatic hydroxyl groups is 2. The highest BCUT2D eigenvalue weighted by Crippen LogP contribution is 1.58. The van der Waals surface area contributed by atoms with Crippen molar-refractivity contribution in [2.75, 3.05) is 13.2 Å². The third-order valence-corrected chi connectivity index (χ3v) is 0. The molecule has 80 valence electrons. The Morgan fingerprint density at radius 3 is 1.17 bits per heavy atom. The first-order valence-corrected chi connectivity index (χ1v) is 4.09. The van der Waals surface area contributed by atoms with Crippen molar-refractivity contribution in [2.24, 2.45) is 0 Å². The minimum Gasteiger partial charge on any atom is -0.726 e. The number of hydrogen-bond donors (Lipinski definition) is 4. The largest absolute Gasteiger partial charge is 0.726 e. The van der Waals surface area contributed by atoms with Crippen LogP contribution in [0.15, 0.2) is 0 Å². The summed E-state index contributed by atoms with van der Waals surface area (Å²) in [6.07, 6.45) is 0. The molecule has 0 fully saturated rings. The molecule has 0 atom stereocenters. The van der Waals surface area contributed by atoms with Crippen LogP contribution in [0.2, 0.25) is 0 Å². The molecule has 0 saturated carbocycles. The average Bonchev–Trinajstić information content (AvgIpc) is 1.62. The van der Waals surface area contributed by atoms with Crippen LogP contribution < -0.4 is 6.15 Å². The predicted molar refractivity (Wildman–Crippen MR) is 43.8 cm³/mol. The second kappa shape index (κ2) is 17.0. The van der Waals surface area contributed by atoms with E-state index in [1.807, 2.05) is 0 Å². The van der Waals surface area contributed by atoms with E-state index < -0.39 is 10.4 Å². The molecule has 12 heavy (non-hydrogen) atoms. The lowest BCUT2D eigenvalue weighted by Gasteiger charge is -1.88. The van der Waals surface area contributed by atoms with Gasteiger partial charge in [0.15, 0.2) is 0 Å². The van der Waals surface area contributed by atoms with Gasteiger partial charge in [0.1, 0.15) is 0 Å². The van der Waals surface area contributed by atoms with Crippen LogP contribution >= 0.6 is 0 Å².